The van der Waals surface area contributed by atoms with Gasteiger partial charge in [0, 0.05) is 25.7 Å². The van der Waals surface area contributed by atoms with Crippen LogP contribution in [-0.2, 0) is 16.0 Å². The fraction of sp³-hybridized carbons (Fsp3) is 0.500. The van der Waals surface area contributed by atoms with E-state index in [0.717, 1.165) is 19.5 Å². The van der Waals surface area contributed by atoms with Crippen LogP contribution in [0.2, 0.25) is 0 Å². The molecule has 0 saturated carbocycles. The molecule has 2 amide bonds. The van der Waals surface area contributed by atoms with Gasteiger partial charge in [-0.2, -0.15) is 0 Å². The first kappa shape index (κ1) is 19.0. The van der Waals surface area contributed by atoms with Gasteiger partial charge in [0.1, 0.15) is 5.60 Å². The van der Waals surface area contributed by atoms with Crippen molar-refractivity contribution < 1.29 is 14.3 Å². The van der Waals surface area contributed by atoms with Crippen LogP contribution in [0, 0.1) is 12.8 Å². The van der Waals surface area contributed by atoms with E-state index < -0.39 is 11.7 Å². The fourth-order valence-corrected chi connectivity index (χ4v) is 2.77. The number of benzene rings is 1. The van der Waals surface area contributed by atoms with E-state index in [0.29, 0.717) is 5.92 Å². The van der Waals surface area contributed by atoms with Gasteiger partial charge in [-0.25, -0.2) is 4.79 Å². The third-order valence-electron chi connectivity index (χ3n) is 3.90. The van der Waals surface area contributed by atoms with E-state index in [2.05, 4.69) is 36.5 Å². The summed E-state index contributed by atoms with van der Waals surface area (Å²) in [7, 11) is 0. The van der Waals surface area contributed by atoms with Crippen molar-refractivity contribution in [2.24, 2.45) is 5.92 Å². The first-order chi connectivity index (χ1) is 11.7. The van der Waals surface area contributed by atoms with Gasteiger partial charge in [0.25, 0.3) is 0 Å². The smallest absolute Gasteiger partial charge is 0.407 e. The number of nitrogens with one attached hydrogen (secondary N) is 1. The Balaban J connectivity index is 1.65. The lowest BCUT2D eigenvalue weighted by molar-refractivity contribution is -0.132. The van der Waals surface area contributed by atoms with E-state index >= 15 is 0 Å². The summed E-state index contributed by atoms with van der Waals surface area (Å²) in [5.74, 6) is 0.519. The molecule has 136 valence electrons. The topological polar surface area (TPSA) is 58.6 Å². The summed E-state index contributed by atoms with van der Waals surface area (Å²) in [6, 6.07) is 8.51. The van der Waals surface area contributed by atoms with E-state index in [4.69, 9.17) is 4.74 Å². The predicted molar refractivity (Wildman–Crippen MR) is 98.3 cm³/mol. The second kappa shape index (κ2) is 8.19. The van der Waals surface area contributed by atoms with Gasteiger partial charge in [0.2, 0.25) is 5.91 Å². The van der Waals surface area contributed by atoms with E-state index in [-0.39, 0.29) is 12.5 Å². The standard InChI is InChI=1S/C20H28N2O3/c1-15-7-5-8-16(11-15)12-17-13-22(14-17)18(23)9-6-10-21-19(24)25-20(2,3)4/h5-9,11,17H,10,12-14H2,1-4H3,(H,21,24)/b9-6+. The molecule has 1 N–H and O–H groups in total. The molecule has 0 aromatic heterocycles. The van der Waals surface area contributed by atoms with Crippen molar-refractivity contribution in [3.8, 4) is 0 Å². The lowest BCUT2D eigenvalue weighted by Gasteiger charge is -2.39. The molecule has 5 heteroatoms. The van der Waals surface area contributed by atoms with Crippen LogP contribution in [0.15, 0.2) is 36.4 Å². The lowest BCUT2D eigenvalue weighted by atomic mass is 9.91. The average molecular weight is 344 g/mol. The second-order valence-corrected chi connectivity index (χ2v) is 7.59. The molecular formula is C20H28N2O3. The third kappa shape index (κ3) is 6.61. The van der Waals surface area contributed by atoms with Crippen molar-refractivity contribution in [1.82, 2.24) is 10.2 Å². The fourth-order valence-electron chi connectivity index (χ4n) is 2.77. The Hall–Kier alpha value is -2.30. The van der Waals surface area contributed by atoms with Gasteiger partial charge < -0.3 is 15.0 Å². The Labute approximate surface area is 150 Å². The summed E-state index contributed by atoms with van der Waals surface area (Å²) in [6.45, 7) is 9.37. The van der Waals surface area contributed by atoms with Crippen LogP contribution < -0.4 is 5.32 Å². The molecule has 0 aliphatic carbocycles. The lowest BCUT2D eigenvalue weighted by Crippen LogP contribution is -2.50. The van der Waals surface area contributed by atoms with Crippen LogP contribution in [0.3, 0.4) is 0 Å². The molecule has 1 saturated heterocycles. The Morgan fingerprint density at radius 1 is 1.32 bits per heavy atom. The highest BCUT2D eigenvalue weighted by atomic mass is 16.6. The molecule has 1 heterocycles. The number of hydrogen-bond donors (Lipinski definition) is 1. The predicted octanol–water partition coefficient (Wildman–Crippen LogP) is 3.08. The van der Waals surface area contributed by atoms with Gasteiger partial charge >= 0.3 is 6.09 Å². The summed E-state index contributed by atoms with van der Waals surface area (Å²) in [6.07, 6.45) is 3.70. The first-order valence-electron chi connectivity index (χ1n) is 8.71. The zero-order valence-corrected chi connectivity index (χ0v) is 15.5. The number of ether oxygens (including phenoxy) is 1. The number of alkyl carbamates (subject to hydrolysis) is 1. The molecule has 1 aromatic carbocycles. The molecule has 1 aliphatic heterocycles. The number of likely N-dealkylation sites (tertiary alicyclic amines) is 1. The highest BCUT2D eigenvalue weighted by Crippen LogP contribution is 2.21. The van der Waals surface area contributed by atoms with Gasteiger partial charge in [0.05, 0.1) is 0 Å². The minimum absolute atomic E-state index is 0.00789. The van der Waals surface area contributed by atoms with E-state index in [1.165, 1.54) is 17.2 Å². The monoisotopic (exact) mass is 344 g/mol. The molecule has 5 nitrogen and oxygen atoms in total. The molecule has 2 rings (SSSR count). The highest BCUT2D eigenvalue weighted by molar-refractivity contribution is 5.88. The maximum Gasteiger partial charge on any atom is 0.407 e. The van der Waals surface area contributed by atoms with Crippen LogP contribution in [0.4, 0.5) is 4.79 Å². The quantitative estimate of drug-likeness (QED) is 0.835. The molecule has 1 aromatic rings. The SMILES string of the molecule is Cc1cccc(CC2CN(C(=O)/C=C/CNC(=O)OC(C)(C)C)C2)c1. The summed E-state index contributed by atoms with van der Waals surface area (Å²) < 4.78 is 5.12. The van der Waals surface area contributed by atoms with Crippen molar-refractivity contribution in [3.63, 3.8) is 0 Å². The van der Waals surface area contributed by atoms with Crippen molar-refractivity contribution >= 4 is 12.0 Å². The Morgan fingerprint density at radius 2 is 2.04 bits per heavy atom. The maximum absolute atomic E-state index is 12.0. The number of hydrogen-bond acceptors (Lipinski definition) is 3. The Morgan fingerprint density at radius 3 is 2.68 bits per heavy atom. The van der Waals surface area contributed by atoms with Crippen LogP contribution in [0.5, 0.6) is 0 Å². The number of amides is 2. The van der Waals surface area contributed by atoms with Gasteiger partial charge in [-0.1, -0.05) is 35.9 Å². The highest BCUT2D eigenvalue weighted by Gasteiger charge is 2.29. The van der Waals surface area contributed by atoms with Crippen LogP contribution in [-0.4, -0.2) is 42.1 Å². The van der Waals surface area contributed by atoms with E-state index in [1.807, 2.05) is 25.7 Å². The third-order valence-corrected chi connectivity index (χ3v) is 3.90. The van der Waals surface area contributed by atoms with Crippen LogP contribution in [0.1, 0.15) is 31.9 Å². The molecule has 1 aliphatic rings. The number of aryl methyl sites for hydroxylation is 1. The largest absolute Gasteiger partial charge is 0.444 e. The minimum atomic E-state index is -0.520. The molecule has 25 heavy (non-hydrogen) atoms. The molecular weight excluding hydrogens is 316 g/mol. The molecule has 0 unspecified atom stereocenters. The second-order valence-electron chi connectivity index (χ2n) is 7.59. The molecule has 0 radical (unpaired) electrons. The molecule has 0 atom stereocenters. The summed E-state index contributed by atoms with van der Waals surface area (Å²) in [5, 5.41) is 2.60. The number of rotatable bonds is 5. The maximum atomic E-state index is 12.0. The van der Waals surface area contributed by atoms with Gasteiger partial charge in [0.15, 0.2) is 0 Å². The zero-order chi connectivity index (χ0) is 18.4. The van der Waals surface area contributed by atoms with Gasteiger partial charge in [-0.15, -0.1) is 0 Å². The van der Waals surface area contributed by atoms with Crippen molar-refractivity contribution in [2.45, 2.75) is 39.7 Å². The summed E-state index contributed by atoms with van der Waals surface area (Å²) in [4.78, 5) is 25.4. The van der Waals surface area contributed by atoms with Crippen LogP contribution >= 0.6 is 0 Å². The average Bonchev–Trinajstić information content (AvgIpc) is 2.45. The Kier molecular flexibility index (Phi) is 6.23. The Bertz CT molecular complexity index is 641. The normalized spacial score (nSPS) is 15.1. The molecule has 0 bridgehead atoms. The van der Waals surface area contributed by atoms with Gasteiger partial charge in [-0.05, 0) is 45.6 Å². The van der Waals surface area contributed by atoms with Gasteiger partial charge in [-0.3, -0.25) is 4.79 Å². The van der Waals surface area contributed by atoms with Crippen molar-refractivity contribution in [1.29, 1.82) is 0 Å². The summed E-state index contributed by atoms with van der Waals surface area (Å²) in [5.41, 5.74) is 2.08. The molecule has 0 spiro atoms. The van der Waals surface area contributed by atoms with E-state index in [9.17, 15) is 9.59 Å². The van der Waals surface area contributed by atoms with Crippen LogP contribution in [0.25, 0.3) is 0 Å². The number of nitrogens with zero attached hydrogens (tertiary/aromatic N) is 1. The van der Waals surface area contributed by atoms with E-state index in [1.54, 1.807) is 6.08 Å². The zero-order valence-electron chi connectivity index (χ0n) is 15.5. The molecule has 1 fully saturated rings. The number of carbonyl (C=O) groups excluding carboxylic acids is 2. The summed E-state index contributed by atoms with van der Waals surface area (Å²) >= 11 is 0. The van der Waals surface area contributed by atoms with Crippen molar-refractivity contribution in [2.75, 3.05) is 19.6 Å². The minimum Gasteiger partial charge on any atom is -0.444 e. The van der Waals surface area contributed by atoms with Crippen molar-refractivity contribution in [3.05, 3.63) is 47.5 Å². The number of carbonyl (C=O) groups is 2. The first-order valence-corrected chi connectivity index (χ1v) is 8.71.